The fraction of sp³-hybridized carbons (Fsp3) is 0.609. The Kier molecular flexibility index (Phi) is 5.71. The number of hydrogen-bond acceptors (Lipinski definition) is 4. The Balaban J connectivity index is 1.36. The predicted molar refractivity (Wildman–Crippen MR) is 116 cm³/mol. The Morgan fingerprint density at radius 1 is 1.07 bits per heavy atom. The fourth-order valence-corrected chi connectivity index (χ4v) is 5.04. The van der Waals surface area contributed by atoms with E-state index in [0.29, 0.717) is 18.5 Å². The van der Waals surface area contributed by atoms with Crippen molar-refractivity contribution < 1.29 is 14.4 Å². The van der Waals surface area contributed by atoms with Gasteiger partial charge in [-0.3, -0.25) is 14.5 Å². The maximum Gasteiger partial charge on any atom is 0.327 e. The maximum absolute atomic E-state index is 13.0. The van der Waals surface area contributed by atoms with Crippen molar-refractivity contribution in [2.75, 3.05) is 36.9 Å². The van der Waals surface area contributed by atoms with E-state index in [9.17, 15) is 14.4 Å². The van der Waals surface area contributed by atoms with E-state index in [1.54, 1.807) is 11.9 Å². The summed E-state index contributed by atoms with van der Waals surface area (Å²) in [5, 5.41) is 2.83. The number of nitrogens with one attached hydrogen (secondary N) is 1. The van der Waals surface area contributed by atoms with Crippen molar-refractivity contribution in [3.63, 3.8) is 0 Å². The number of urea groups is 1. The van der Waals surface area contributed by atoms with Crippen LogP contribution in [0.4, 0.5) is 16.2 Å². The van der Waals surface area contributed by atoms with Crippen molar-refractivity contribution in [3.8, 4) is 0 Å². The van der Waals surface area contributed by atoms with Gasteiger partial charge in [0.05, 0.1) is 0 Å². The van der Waals surface area contributed by atoms with Gasteiger partial charge >= 0.3 is 6.03 Å². The molecule has 0 unspecified atom stereocenters. The number of imide groups is 1. The van der Waals surface area contributed by atoms with E-state index in [1.165, 1.54) is 12.8 Å². The lowest BCUT2D eigenvalue weighted by atomic mass is 9.81. The van der Waals surface area contributed by atoms with Crippen LogP contribution in [0.25, 0.3) is 0 Å². The average Bonchev–Trinajstić information content (AvgIpc) is 2.92. The van der Waals surface area contributed by atoms with Gasteiger partial charge in [-0.05, 0) is 55.9 Å². The molecule has 162 valence electrons. The number of hydrogen-bond donors (Lipinski definition) is 1. The summed E-state index contributed by atoms with van der Waals surface area (Å²) >= 11 is 0. The molecule has 4 rings (SSSR count). The Morgan fingerprint density at radius 2 is 1.70 bits per heavy atom. The smallest absolute Gasteiger partial charge is 0.327 e. The van der Waals surface area contributed by atoms with Gasteiger partial charge in [-0.2, -0.15) is 0 Å². The largest absolute Gasteiger partial charge is 0.372 e. The number of amides is 4. The fourth-order valence-electron chi connectivity index (χ4n) is 5.04. The molecule has 7 nitrogen and oxygen atoms in total. The highest BCUT2D eigenvalue weighted by Crippen LogP contribution is 2.39. The summed E-state index contributed by atoms with van der Waals surface area (Å²) in [5.74, 6) is 0.208. The highest BCUT2D eigenvalue weighted by atomic mass is 16.2. The van der Waals surface area contributed by atoms with Crippen molar-refractivity contribution in [2.24, 2.45) is 5.92 Å². The molecule has 2 heterocycles. The molecule has 1 aromatic carbocycles. The van der Waals surface area contributed by atoms with E-state index in [2.05, 4.69) is 17.1 Å². The minimum Gasteiger partial charge on any atom is -0.372 e. The highest BCUT2D eigenvalue weighted by molar-refractivity contribution is 6.10. The molecule has 0 radical (unpaired) electrons. The average molecular weight is 413 g/mol. The van der Waals surface area contributed by atoms with Gasteiger partial charge in [-0.1, -0.05) is 26.2 Å². The standard InChI is InChI=1S/C23H32N4O3/c1-17-10-14-26(15-11-17)19-8-6-18(7-9-19)24-20(28)16-27-21(29)23(25(2)22(27)30)12-4-3-5-13-23/h6-9,17H,3-5,10-16H2,1-2H3,(H,24,28). The molecule has 7 heteroatoms. The third kappa shape index (κ3) is 3.77. The van der Waals surface area contributed by atoms with Crippen LogP contribution in [0, 0.1) is 5.92 Å². The Bertz CT molecular complexity index is 808. The van der Waals surface area contributed by atoms with Crippen LogP contribution in [0.2, 0.25) is 0 Å². The van der Waals surface area contributed by atoms with E-state index in [4.69, 9.17) is 0 Å². The topological polar surface area (TPSA) is 73.0 Å². The maximum atomic E-state index is 13.0. The third-order valence-electron chi connectivity index (χ3n) is 7.09. The summed E-state index contributed by atoms with van der Waals surface area (Å²) in [5.41, 5.74) is 1.09. The van der Waals surface area contributed by atoms with Crippen LogP contribution in [-0.4, -0.2) is 59.9 Å². The Hall–Kier alpha value is -2.57. The molecule has 4 amide bonds. The lowest BCUT2D eigenvalue weighted by Crippen LogP contribution is -2.49. The van der Waals surface area contributed by atoms with E-state index < -0.39 is 5.54 Å². The van der Waals surface area contributed by atoms with Crippen LogP contribution in [0.1, 0.15) is 51.9 Å². The first-order chi connectivity index (χ1) is 14.4. The SMILES string of the molecule is CC1CCN(c2ccc(NC(=O)CN3C(=O)N(C)C4(CCCCC4)C3=O)cc2)CC1. The van der Waals surface area contributed by atoms with Crippen molar-refractivity contribution in [2.45, 2.75) is 57.4 Å². The summed E-state index contributed by atoms with van der Waals surface area (Å²) in [7, 11) is 1.68. The molecule has 0 aromatic heterocycles. The molecule has 1 aromatic rings. The van der Waals surface area contributed by atoms with E-state index in [-0.39, 0.29) is 24.4 Å². The summed E-state index contributed by atoms with van der Waals surface area (Å²) in [6.45, 7) is 4.16. The van der Waals surface area contributed by atoms with Gasteiger partial charge in [-0.25, -0.2) is 4.79 Å². The van der Waals surface area contributed by atoms with Crippen LogP contribution >= 0.6 is 0 Å². The molecule has 2 aliphatic heterocycles. The number of carbonyl (C=O) groups is 3. The van der Waals surface area contributed by atoms with Gasteiger partial charge in [-0.15, -0.1) is 0 Å². The molecule has 3 aliphatic rings. The number of piperidine rings is 1. The highest BCUT2D eigenvalue weighted by Gasteiger charge is 2.55. The lowest BCUT2D eigenvalue weighted by Gasteiger charge is -2.35. The summed E-state index contributed by atoms with van der Waals surface area (Å²) < 4.78 is 0. The van der Waals surface area contributed by atoms with Gasteiger partial charge in [0.2, 0.25) is 5.91 Å². The second-order valence-corrected chi connectivity index (χ2v) is 9.09. The molecule has 30 heavy (non-hydrogen) atoms. The monoisotopic (exact) mass is 412 g/mol. The molecular formula is C23H32N4O3. The number of carbonyl (C=O) groups excluding carboxylic acids is 3. The van der Waals surface area contributed by atoms with Gasteiger partial charge in [0, 0.05) is 31.5 Å². The normalized spacial score (nSPS) is 22.1. The molecule has 1 spiro atoms. The van der Waals surface area contributed by atoms with Gasteiger partial charge in [0.1, 0.15) is 12.1 Å². The molecule has 0 atom stereocenters. The van der Waals surface area contributed by atoms with Crippen LogP contribution < -0.4 is 10.2 Å². The van der Waals surface area contributed by atoms with Gasteiger partial charge < -0.3 is 15.1 Å². The summed E-state index contributed by atoms with van der Waals surface area (Å²) in [4.78, 5) is 43.3. The number of anilines is 2. The molecule has 3 fully saturated rings. The number of rotatable bonds is 4. The summed E-state index contributed by atoms with van der Waals surface area (Å²) in [6.07, 6.45) is 6.73. The molecule has 1 aliphatic carbocycles. The molecule has 1 N–H and O–H groups in total. The van der Waals surface area contributed by atoms with Crippen molar-refractivity contribution in [3.05, 3.63) is 24.3 Å². The Labute approximate surface area is 178 Å². The summed E-state index contributed by atoms with van der Waals surface area (Å²) in [6, 6.07) is 7.43. The van der Waals surface area contributed by atoms with E-state index in [1.807, 2.05) is 24.3 Å². The third-order valence-corrected chi connectivity index (χ3v) is 7.09. The van der Waals surface area contributed by atoms with Crippen LogP contribution in [0.15, 0.2) is 24.3 Å². The van der Waals surface area contributed by atoms with E-state index in [0.717, 1.165) is 48.9 Å². The first kappa shape index (κ1) is 20.7. The zero-order chi connectivity index (χ0) is 21.3. The molecule has 0 bridgehead atoms. The molecule has 2 saturated heterocycles. The van der Waals surface area contributed by atoms with Crippen molar-refractivity contribution in [1.29, 1.82) is 0 Å². The minimum absolute atomic E-state index is 0.223. The zero-order valence-electron chi connectivity index (χ0n) is 18.0. The minimum atomic E-state index is -0.747. The molecular weight excluding hydrogens is 380 g/mol. The number of benzene rings is 1. The zero-order valence-corrected chi connectivity index (χ0v) is 18.0. The number of nitrogens with zero attached hydrogens (tertiary/aromatic N) is 3. The first-order valence-corrected chi connectivity index (χ1v) is 11.2. The number of likely N-dealkylation sites (N-methyl/N-ethyl adjacent to an activating group) is 1. The van der Waals surface area contributed by atoms with Crippen molar-refractivity contribution in [1.82, 2.24) is 9.80 Å². The van der Waals surface area contributed by atoms with Crippen LogP contribution in [0.3, 0.4) is 0 Å². The first-order valence-electron chi connectivity index (χ1n) is 11.2. The van der Waals surface area contributed by atoms with Gasteiger partial charge in [0.25, 0.3) is 5.91 Å². The van der Waals surface area contributed by atoms with Crippen LogP contribution in [0.5, 0.6) is 0 Å². The second-order valence-electron chi connectivity index (χ2n) is 9.09. The lowest BCUT2D eigenvalue weighted by molar-refractivity contribution is -0.136. The predicted octanol–water partition coefficient (Wildman–Crippen LogP) is 3.46. The van der Waals surface area contributed by atoms with E-state index >= 15 is 0 Å². The van der Waals surface area contributed by atoms with Crippen LogP contribution in [-0.2, 0) is 9.59 Å². The Morgan fingerprint density at radius 3 is 2.33 bits per heavy atom. The van der Waals surface area contributed by atoms with Gasteiger partial charge in [0.15, 0.2) is 0 Å². The van der Waals surface area contributed by atoms with Crippen molar-refractivity contribution >= 4 is 29.2 Å². The quantitative estimate of drug-likeness (QED) is 0.769. The second kappa shape index (κ2) is 8.28. The molecule has 1 saturated carbocycles.